The number of rotatable bonds is 5. The van der Waals surface area contributed by atoms with Crippen LogP contribution in [0.2, 0.25) is 0 Å². The van der Waals surface area contributed by atoms with Crippen molar-refractivity contribution in [2.75, 3.05) is 19.0 Å². The van der Waals surface area contributed by atoms with Gasteiger partial charge in [-0.2, -0.15) is 0 Å². The largest absolute Gasteiger partial charge is 0.383 e. The van der Waals surface area contributed by atoms with Crippen molar-refractivity contribution in [3.8, 4) is 0 Å². The lowest BCUT2D eigenvalue weighted by Gasteiger charge is -2.09. The minimum Gasteiger partial charge on any atom is -0.383 e. The molecule has 0 aliphatic rings. The molecule has 0 amide bonds. The number of halogens is 2. The maximum Gasteiger partial charge on any atom is 0.207 e. The van der Waals surface area contributed by atoms with E-state index in [2.05, 4.69) is 26.2 Å². The van der Waals surface area contributed by atoms with E-state index in [-0.39, 0.29) is 5.82 Å². The van der Waals surface area contributed by atoms with Gasteiger partial charge >= 0.3 is 0 Å². The molecule has 0 saturated carbocycles. The van der Waals surface area contributed by atoms with E-state index < -0.39 is 0 Å². The van der Waals surface area contributed by atoms with Gasteiger partial charge in [0.05, 0.1) is 16.8 Å². The number of aryl methyl sites for hydroxylation is 1. The lowest BCUT2D eigenvalue weighted by Crippen LogP contribution is -2.07. The van der Waals surface area contributed by atoms with E-state index in [1.54, 1.807) is 19.2 Å². The zero-order valence-corrected chi connectivity index (χ0v) is 12.4. The molecule has 1 aromatic heterocycles. The Labute approximate surface area is 119 Å². The van der Waals surface area contributed by atoms with Crippen LogP contribution < -0.4 is 5.32 Å². The molecule has 0 aliphatic heterocycles. The first-order valence-corrected chi connectivity index (χ1v) is 6.64. The Morgan fingerprint density at radius 2 is 2.26 bits per heavy atom. The Hall–Kier alpha value is -1.40. The summed E-state index contributed by atoms with van der Waals surface area (Å²) in [4.78, 5) is 4.37. The molecule has 19 heavy (non-hydrogen) atoms. The molecule has 2 aromatic rings. The van der Waals surface area contributed by atoms with Crippen molar-refractivity contribution in [2.45, 2.75) is 13.5 Å². The van der Waals surface area contributed by atoms with Crippen molar-refractivity contribution in [3.05, 3.63) is 40.4 Å². The quantitative estimate of drug-likeness (QED) is 0.913. The number of methoxy groups -OCH3 is 1. The number of hydrogen-bond acceptors (Lipinski definition) is 3. The van der Waals surface area contributed by atoms with Gasteiger partial charge in [0.1, 0.15) is 5.82 Å². The van der Waals surface area contributed by atoms with Crippen molar-refractivity contribution in [3.63, 3.8) is 0 Å². The summed E-state index contributed by atoms with van der Waals surface area (Å²) in [6.45, 7) is 3.20. The molecule has 0 aliphatic carbocycles. The molecule has 1 N–H and O–H groups in total. The fourth-order valence-electron chi connectivity index (χ4n) is 1.71. The number of nitrogens with one attached hydrogen (secondary N) is 1. The van der Waals surface area contributed by atoms with E-state index >= 15 is 0 Å². The first kappa shape index (κ1) is 14.0. The molecule has 0 bridgehead atoms. The zero-order valence-electron chi connectivity index (χ0n) is 10.8. The van der Waals surface area contributed by atoms with Crippen LogP contribution in [0.3, 0.4) is 0 Å². The first-order valence-electron chi connectivity index (χ1n) is 5.85. The third-order valence-corrected chi connectivity index (χ3v) is 3.25. The van der Waals surface area contributed by atoms with Crippen molar-refractivity contribution >= 4 is 27.6 Å². The average Bonchev–Trinajstić information content (AvgIpc) is 2.71. The van der Waals surface area contributed by atoms with Crippen LogP contribution in [-0.4, -0.2) is 23.3 Å². The van der Waals surface area contributed by atoms with E-state index in [9.17, 15) is 4.39 Å². The molecule has 1 aromatic carbocycles. The van der Waals surface area contributed by atoms with Crippen molar-refractivity contribution in [2.24, 2.45) is 0 Å². The van der Waals surface area contributed by atoms with Crippen LogP contribution in [0.15, 0.2) is 28.9 Å². The van der Waals surface area contributed by atoms with E-state index in [1.165, 1.54) is 6.07 Å². The Bertz CT molecular complexity index is 571. The molecular formula is C13H15BrFN3O. The zero-order chi connectivity index (χ0) is 13.8. The van der Waals surface area contributed by atoms with Crippen molar-refractivity contribution in [1.82, 2.24) is 9.55 Å². The lowest BCUT2D eigenvalue weighted by molar-refractivity contribution is 0.188. The SMILES string of the molecule is COCCn1cc(C)nc1Nc1ccc(Br)c(F)c1. The summed E-state index contributed by atoms with van der Waals surface area (Å²) in [5, 5.41) is 3.11. The Balaban J connectivity index is 2.19. The van der Waals surface area contributed by atoms with Gasteiger partial charge in [-0.1, -0.05) is 0 Å². The second-order valence-electron chi connectivity index (χ2n) is 4.15. The summed E-state index contributed by atoms with van der Waals surface area (Å²) in [7, 11) is 1.65. The molecule has 4 nitrogen and oxygen atoms in total. The Kier molecular flexibility index (Phi) is 4.55. The molecule has 2 rings (SSSR count). The van der Waals surface area contributed by atoms with Crippen LogP contribution in [0.5, 0.6) is 0 Å². The highest BCUT2D eigenvalue weighted by Crippen LogP contribution is 2.22. The summed E-state index contributed by atoms with van der Waals surface area (Å²) >= 11 is 3.13. The predicted molar refractivity (Wildman–Crippen MR) is 76.2 cm³/mol. The number of benzene rings is 1. The molecule has 1 heterocycles. The first-order chi connectivity index (χ1) is 9.10. The predicted octanol–water partition coefficient (Wildman–Crippen LogP) is 3.48. The molecule has 0 spiro atoms. The van der Waals surface area contributed by atoms with Crippen LogP contribution in [-0.2, 0) is 11.3 Å². The van der Waals surface area contributed by atoms with Crippen molar-refractivity contribution in [1.29, 1.82) is 0 Å². The monoisotopic (exact) mass is 327 g/mol. The molecule has 0 fully saturated rings. The Morgan fingerprint density at radius 1 is 1.47 bits per heavy atom. The number of imidazole rings is 1. The maximum atomic E-state index is 13.5. The van der Waals surface area contributed by atoms with Crippen molar-refractivity contribution < 1.29 is 9.13 Å². The van der Waals surface area contributed by atoms with Gasteiger partial charge in [-0.3, -0.25) is 0 Å². The molecule has 0 saturated heterocycles. The van der Waals surface area contributed by atoms with E-state index in [4.69, 9.17) is 4.74 Å². The lowest BCUT2D eigenvalue weighted by atomic mass is 10.3. The number of aromatic nitrogens is 2. The van der Waals surface area contributed by atoms with E-state index in [0.717, 1.165) is 5.69 Å². The summed E-state index contributed by atoms with van der Waals surface area (Å²) < 4.78 is 20.9. The number of anilines is 2. The molecule has 102 valence electrons. The highest BCUT2D eigenvalue weighted by Gasteiger charge is 2.07. The van der Waals surface area contributed by atoms with Crippen LogP contribution in [0, 0.1) is 12.7 Å². The van der Waals surface area contributed by atoms with Gasteiger partial charge in [-0.05, 0) is 41.1 Å². The van der Waals surface area contributed by atoms with E-state index in [1.807, 2.05) is 17.7 Å². The third-order valence-electron chi connectivity index (χ3n) is 2.61. The average molecular weight is 328 g/mol. The van der Waals surface area contributed by atoms with Crippen LogP contribution in [0.25, 0.3) is 0 Å². The fraction of sp³-hybridized carbons (Fsp3) is 0.308. The van der Waals surface area contributed by atoms with Gasteiger partial charge in [-0.15, -0.1) is 0 Å². The van der Waals surface area contributed by atoms with Gasteiger partial charge in [-0.25, -0.2) is 9.37 Å². The highest BCUT2D eigenvalue weighted by molar-refractivity contribution is 9.10. The summed E-state index contributed by atoms with van der Waals surface area (Å²) in [5.41, 5.74) is 1.56. The minimum atomic E-state index is -0.309. The molecule has 0 radical (unpaired) electrons. The fourth-order valence-corrected chi connectivity index (χ4v) is 1.96. The van der Waals surface area contributed by atoms with Crippen LogP contribution in [0.1, 0.15) is 5.69 Å². The summed E-state index contributed by atoms with van der Waals surface area (Å²) in [5.74, 6) is 0.369. The molecular weight excluding hydrogens is 313 g/mol. The minimum absolute atomic E-state index is 0.309. The second kappa shape index (κ2) is 6.16. The maximum absolute atomic E-state index is 13.5. The second-order valence-corrected chi connectivity index (χ2v) is 5.00. The number of hydrogen-bond donors (Lipinski definition) is 1. The highest BCUT2D eigenvalue weighted by atomic mass is 79.9. The standard InChI is InChI=1S/C13H15BrFN3O/c1-9-8-18(5-6-19-2)13(16-9)17-10-3-4-11(14)12(15)7-10/h3-4,7-8H,5-6H2,1-2H3,(H,16,17). The van der Waals surface area contributed by atoms with Gasteiger partial charge in [0.2, 0.25) is 5.95 Å². The van der Waals surface area contributed by atoms with Gasteiger partial charge in [0.25, 0.3) is 0 Å². The molecule has 0 unspecified atom stereocenters. The summed E-state index contributed by atoms with van der Waals surface area (Å²) in [6, 6.07) is 4.87. The number of ether oxygens (including phenoxy) is 1. The van der Waals surface area contributed by atoms with Crippen LogP contribution in [0.4, 0.5) is 16.0 Å². The molecule has 0 atom stereocenters. The van der Waals surface area contributed by atoms with Gasteiger partial charge in [0.15, 0.2) is 0 Å². The third kappa shape index (κ3) is 3.54. The topological polar surface area (TPSA) is 39.1 Å². The Morgan fingerprint density at radius 3 is 2.95 bits per heavy atom. The molecule has 6 heteroatoms. The van der Waals surface area contributed by atoms with Gasteiger partial charge in [0, 0.05) is 25.5 Å². The van der Waals surface area contributed by atoms with E-state index in [0.29, 0.717) is 29.3 Å². The van der Waals surface area contributed by atoms with Gasteiger partial charge < -0.3 is 14.6 Å². The number of nitrogens with zero attached hydrogens (tertiary/aromatic N) is 2. The smallest absolute Gasteiger partial charge is 0.207 e. The normalized spacial score (nSPS) is 10.7. The van der Waals surface area contributed by atoms with Crippen LogP contribution >= 0.6 is 15.9 Å². The summed E-state index contributed by atoms with van der Waals surface area (Å²) in [6.07, 6.45) is 1.93.